The number of hydrogen-bond donors (Lipinski definition) is 3. The van der Waals surface area contributed by atoms with Crippen LogP contribution in [0.3, 0.4) is 0 Å². The van der Waals surface area contributed by atoms with E-state index in [1.165, 1.54) is 6.07 Å². The van der Waals surface area contributed by atoms with Crippen LogP contribution in [0.5, 0.6) is 0 Å². The van der Waals surface area contributed by atoms with Gasteiger partial charge in [0.15, 0.2) is 0 Å². The van der Waals surface area contributed by atoms with E-state index in [0.29, 0.717) is 31.3 Å². The van der Waals surface area contributed by atoms with E-state index < -0.39 is 4.92 Å². The molecule has 0 saturated heterocycles. The van der Waals surface area contributed by atoms with Crippen molar-refractivity contribution in [3.05, 3.63) is 46.6 Å². The highest BCUT2D eigenvalue weighted by Gasteiger charge is 2.16. The highest BCUT2D eigenvalue weighted by atomic mass is 16.6. The Morgan fingerprint density at radius 1 is 1.32 bits per heavy atom. The molecule has 0 aliphatic rings. The minimum absolute atomic E-state index is 0.0948. The fourth-order valence-corrected chi connectivity index (χ4v) is 2.34. The Hall–Kier alpha value is -3.20. The average Bonchev–Trinajstić information content (AvgIpc) is 3.06. The molecule has 0 fully saturated rings. The molecule has 0 spiro atoms. The number of benzene rings is 1. The summed E-state index contributed by atoms with van der Waals surface area (Å²) in [6, 6.07) is 8.50. The molecule has 3 aromatic rings. The molecule has 130 valence electrons. The highest BCUT2D eigenvalue weighted by molar-refractivity contribution is 5.83. The first-order valence-electron chi connectivity index (χ1n) is 7.84. The second-order valence-corrected chi connectivity index (χ2v) is 5.24. The first-order chi connectivity index (χ1) is 12.2. The Labute approximate surface area is 143 Å². The topological polar surface area (TPSA) is 118 Å². The molecule has 0 saturated carbocycles. The fourth-order valence-electron chi connectivity index (χ4n) is 2.34. The predicted octanol–water partition coefficient (Wildman–Crippen LogP) is 3.06. The van der Waals surface area contributed by atoms with Crippen molar-refractivity contribution in [3.63, 3.8) is 0 Å². The second-order valence-electron chi connectivity index (χ2n) is 5.24. The van der Waals surface area contributed by atoms with Gasteiger partial charge in [0.25, 0.3) is 0 Å². The minimum Gasteiger partial charge on any atom is -0.380 e. The van der Waals surface area contributed by atoms with Gasteiger partial charge in [-0.15, -0.1) is 0 Å². The van der Waals surface area contributed by atoms with Crippen LogP contribution in [-0.4, -0.2) is 39.9 Å². The zero-order chi connectivity index (χ0) is 17.6. The molecular weight excluding hydrogens is 324 g/mol. The molecule has 3 N–H and O–H groups in total. The van der Waals surface area contributed by atoms with E-state index in [-0.39, 0.29) is 11.5 Å². The summed E-state index contributed by atoms with van der Waals surface area (Å²) in [5, 5.41) is 25.1. The van der Waals surface area contributed by atoms with E-state index in [4.69, 9.17) is 4.74 Å². The van der Waals surface area contributed by atoms with Crippen molar-refractivity contribution in [2.75, 3.05) is 30.4 Å². The second kappa shape index (κ2) is 7.58. The number of hydrogen-bond acceptors (Lipinski definition) is 7. The molecule has 0 unspecified atom stereocenters. The molecule has 0 atom stereocenters. The Bertz CT molecular complexity index is 879. The molecule has 9 heteroatoms. The summed E-state index contributed by atoms with van der Waals surface area (Å²) in [6.45, 7) is 3.66. The van der Waals surface area contributed by atoms with Gasteiger partial charge in [0, 0.05) is 30.3 Å². The molecule has 1 aromatic carbocycles. The van der Waals surface area contributed by atoms with E-state index >= 15 is 0 Å². The van der Waals surface area contributed by atoms with Crippen LogP contribution in [0.15, 0.2) is 36.5 Å². The lowest BCUT2D eigenvalue weighted by atomic mass is 10.2. The van der Waals surface area contributed by atoms with Crippen LogP contribution in [0.25, 0.3) is 10.9 Å². The van der Waals surface area contributed by atoms with Crippen molar-refractivity contribution >= 4 is 33.9 Å². The van der Waals surface area contributed by atoms with E-state index in [2.05, 4.69) is 25.8 Å². The van der Waals surface area contributed by atoms with Gasteiger partial charge in [0.05, 0.1) is 23.2 Å². The minimum atomic E-state index is -0.463. The summed E-state index contributed by atoms with van der Waals surface area (Å²) >= 11 is 0. The van der Waals surface area contributed by atoms with Gasteiger partial charge in [-0.05, 0) is 31.2 Å². The number of anilines is 3. The monoisotopic (exact) mass is 342 g/mol. The summed E-state index contributed by atoms with van der Waals surface area (Å²) in [7, 11) is 0. The van der Waals surface area contributed by atoms with Crippen LogP contribution >= 0.6 is 0 Å². The summed E-state index contributed by atoms with van der Waals surface area (Å²) in [4.78, 5) is 15.1. The SMILES string of the molecule is CCOCCNc1ccc([N+](=O)[O-])c(Nc2ccc3[nH]ncc3c2)n1. The lowest BCUT2D eigenvalue weighted by molar-refractivity contribution is -0.384. The van der Waals surface area contributed by atoms with Gasteiger partial charge in [0.2, 0.25) is 5.82 Å². The van der Waals surface area contributed by atoms with Gasteiger partial charge in [-0.3, -0.25) is 15.2 Å². The van der Waals surface area contributed by atoms with Gasteiger partial charge in [-0.25, -0.2) is 4.98 Å². The summed E-state index contributed by atoms with van der Waals surface area (Å²) in [5.41, 5.74) is 1.48. The zero-order valence-corrected chi connectivity index (χ0v) is 13.7. The average molecular weight is 342 g/mol. The fraction of sp³-hybridized carbons (Fsp3) is 0.250. The van der Waals surface area contributed by atoms with Crippen molar-refractivity contribution in [1.82, 2.24) is 15.2 Å². The van der Waals surface area contributed by atoms with Crippen LogP contribution < -0.4 is 10.6 Å². The number of aromatic amines is 1. The van der Waals surface area contributed by atoms with Gasteiger partial charge < -0.3 is 15.4 Å². The van der Waals surface area contributed by atoms with Crippen molar-refractivity contribution < 1.29 is 9.66 Å². The molecule has 0 amide bonds. The first-order valence-corrected chi connectivity index (χ1v) is 7.84. The van der Waals surface area contributed by atoms with Gasteiger partial charge in [-0.2, -0.15) is 5.10 Å². The van der Waals surface area contributed by atoms with Crippen LogP contribution in [0.1, 0.15) is 6.92 Å². The van der Waals surface area contributed by atoms with Crippen molar-refractivity contribution in [3.8, 4) is 0 Å². The van der Waals surface area contributed by atoms with E-state index in [1.807, 2.05) is 19.1 Å². The molecule has 25 heavy (non-hydrogen) atoms. The highest BCUT2D eigenvalue weighted by Crippen LogP contribution is 2.28. The maximum absolute atomic E-state index is 11.3. The predicted molar refractivity (Wildman–Crippen MR) is 95.3 cm³/mol. The Morgan fingerprint density at radius 3 is 3.00 bits per heavy atom. The summed E-state index contributed by atoms with van der Waals surface area (Å²) in [6.07, 6.45) is 1.69. The lowest BCUT2D eigenvalue weighted by Crippen LogP contribution is -2.11. The maximum Gasteiger partial charge on any atom is 0.311 e. The van der Waals surface area contributed by atoms with E-state index in [0.717, 1.165) is 10.9 Å². The maximum atomic E-state index is 11.3. The smallest absolute Gasteiger partial charge is 0.311 e. The molecule has 3 rings (SSSR count). The number of rotatable bonds is 8. The number of H-pyrrole nitrogens is 1. The third-order valence-electron chi connectivity index (χ3n) is 3.53. The molecule has 9 nitrogen and oxygen atoms in total. The standard InChI is InChI=1S/C16H18N6O3/c1-2-25-8-7-17-15-6-5-14(22(23)24)16(20-15)19-12-3-4-13-11(9-12)10-18-21-13/h3-6,9-10H,2,7-8H2,1H3,(H,18,21)(H2,17,19,20). The first kappa shape index (κ1) is 16.7. The number of nitro groups is 1. The Balaban J connectivity index is 1.82. The molecular formula is C16H18N6O3. The molecule has 0 radical (unpaired) electrons. The Kier molecular flexibility index (Phi) is 5.05. The molecule has 2 aromatic heterocycles. The van der Waals surface area contributed by atoms with Crippen LogP contribution in [0.4, 0.5) is 23.0 Å². The Morgan fingerprint density at radius 2 is 2.20 bits per heavy atom. The van der Waals surface area contributed by atoms with Crippen molar-refractivity contribution in [2.24, 2.45) is 0 Å². The third-order valence-corrected chi connectivity index (χ3v) is 3.53. The molecule has 0 aliphatic carbocycles. The van der Waals surface area contributed by atoms with Crippen LogP contribution in [0.2, 0.25) is 0 Å². The number of nitrogens with zero attached hydrogens (tertiary/aromatic N) is 3. The number of pyridine rings is 1. The lowest BCUT2D eigenvalue weighted by Gasteiger charge is -2.10. The number of fused-ring (bicyclic) bond motifs is 1. The molecule has 0 bridgehead atoms. The van der Waals surface area contributed by atoms with Gasteiger partial charge in [-0.1, -0.05) is 0 Å². The van der Waals surface area contributed by atoms with Gasteiger partial charge in [0.1, 0.15) is 5.82 Å². The number of nitrogens with one attached hydrogen (secondary N) is 3. The van der Waals surface area contributed by atoms with Crippen molar-refractivity contribution in [1.29, 1.82) is 0 Å². The largest absolute Gasteiger partial charge is 0.380 e. The van der Waals surface area contributed by atoms with E-state index in [1.54, 1.807) is 18.3 Å². The number of ether oxygens (including phenoxy) is 1. The zero-order valence-electron chi connectivity index (χ0n) is 13.7. The number of aromatic nitrogens is 3. The summed E-state index contributed by atoms with van der Waals surface area (Å²) in [5.74, 6) is 0.714. The van der Waals surface area contributed by atoms with E-state index in [9.17, 15) is 10.1 Å². The normalized spacial score (nSPS) is 10.8. The van der Waals surface area contributed by atoms with Gasteiger partial charge >= 0.3 is 5.69 Å². The quantitative estimate of drug-likeness (QED) is 0.327. The van der Waals surface area contributed by atoms with Crippen LogP contribution in [-0.2, 0) is 4.74 Å². The summed E-state index contributed by atoms with van der Waals surface area (Å²) < 4.78 is 5.25. The molecule has 2 heterocycles. The molecule has 0 aliphatic heterocycles. The van der Waals surface area contributed by atoms with Crippen LogP contribution in [0, 0.1) is 10.1 Å². The third kappa shape index (κ3) is 4.01. The van der Waals surface area contributed by atoms with Crippen molar-refractivity contribution in [2.45, 2.75) is 6.92 Å².